The molecule has 1 heterocycles. The van der Waals surface area contributed by atoms with Crippen LogP contribution in [-0.2, 0) is 9.53 Å². The predicted octanol–water partition coefficient (Wildman–Crippen LogP) is 4.00. The molecule has 112 valence electrons. The fraction of sp³-hybridized carbons (Fsp3) is 0.833. The Kier molecular flexibility index (Phi) is 3.36. The van der Waals surface area contributed by atoms with Gasteiger partial charge in [0.1, 0.15) is 5.78 Å². The first-order chi connectivity index (χ1) is 9.36. The van der Waals surface area contributed by atoms with Crippen molar-refractivity contribution in [2.24, 2.45) is 29.6 Å². The second kappa shape index (κ2) is 4.69. The van der Waals surface area contributed by atoms with Gasteiger partial charge >= 0.3 is 0 Å². The van der Waals surface area contributed by atoms with Crippen LogP contribution in [0.2, 0.25) is 0 Å². The van der Waals surface area contributed by atoms with Gasteiger partial charge < -0.3 is 4.74 Å². The molecule has 7 atom stereocenters. The first kappa shape index (κ1) is 14.3. The number of allylic oxidation sites excluding steroid dienone is 1. The first-order valence-electron chi connectivity index (χ1n) is 8.23. The summed E-state index contributed by atoms with van der Waals surface area (Å²) in [7, 11) is 0. The SMILES string of the molecule is CC(=O)[C@H]1[C@H]2[C@H](C=C(C)[C@@H]1[C@]1(C)O[C@H]1C)CCC[C@@H]2C. The minimum absolute atomic E-state index is 0.112. The molecule has 2 nitrogen and oxygen atoms in total. The van der Waals surface area contributed by atoms with Gasteiger partial charge in [-0.3, -0.25) is 4.79 Å². The number of carbonyl (C=O) groups excluding carboxylic acids is 1. The molecule has 0 spiro atoms. The van der Waals surface area contributed by atoms with E-state index in [-0.39, 0.29) is 23.5 Å². The number of rotatable bonds is 2. The Bertz CT molecular complexity index is 452. The molecule has 3 rings (SSSR count). The van der Waals surface area contributed by atoms with Crippen molar-refractivity contribution in [3.05, 3.63) is 11.6 Å². The predicted molar refractivity (Wildman–Crippen MR) is 80.4 cm³/mol. The lowest BCUT2D eigenvalue weighted by Crippen LogP contribution is -2.47. The number of epoxide rings is 1. The van der Waals surface area contributed by atoms with Gasteiger partial charge in [0.15, 0.2) is 0 Å². The van der Waals surface area contributed by atoms with Gasteiger partial charge in [0.05, 0.1) is 11.7 Å². The first-order valence-corrected chi connectivity index (χ1v) is 8.23. The third kappa shape index (κ3) is 1.99. The molecule has 2 fully saturated rings. The molecule has 0 unspecified atom stereocenters. The Morgan fingerprint density at radius 2 is 2.00 bits per heavy atom. The van der Waals surface area contributed by atoms with Crippen molar-refractivity contribution < 1.29 is 9.53 Å². The summed E-state index contributed by atoms with van der Waals surface area (Å²) in [6.45, 7) is 10.7. The molecule has 2 aliphatic carbocycles. The van der Waals surface area contributed by atoms with Crippen molar-refractivity contribution in [1.29, 1.82) is 0 Å². The van der Waals surface area contributed by atoms with Crippen molar-refractivity contribution in [2.75, 3.05) is 0 Å². The van der Waals surface area contributed by atoms with Gasteiger partial charge in [-0.05, 0) is 51.9 Å². The highest BCUT2D eigenvalue weighted by molar-refractivity contribution is 5.80. The Balaban J connectivity index is 2.02. The summed E-state index contributed by atoms with van der Waals surface area (Å²) < 4.78 is 5.92. The van der Waals surface area contributed by atoms with E-state index in [1.165, 1.54) is 24.8 Å². The molecule has 0 aromatic heterocycles. The molecule has 0 amide bonds. The van der Waals surface area contributed by atoms with Crippen LogP contribution in [0.5, 0.6) is 0 Å². The maximum absolute atomic E-state index is 12.5. The van der Waals surface area contributed by atoms with E-state index in [2.05, 4.69) is 33.8 Å². The molecule has 0 bridgehead atoms. The third-order valence-electron chi connectivity index (χ3n) is 6.36. The van der Waals surface area contributed by atoms with Crippen LogP contribution >= 0.6 is 0 Å². The Labute approximate surface area is 123 Å². The minimum Gasteiger partial charge on any atom is -0.366 e. The Morgan fingerprint density at radius 3 is 2.55 bits per heavy atom. The Morgan fingerprint density at radius 1 is 1.35 bits per heavy atom. The summed E-state index contributed by atoms with van der Waals surface area (Å²) in [6, 6.07) is 0. The number of hydrogen-bond donors (Lipinski definition) is 0. The largest absolute Gasteiger partial charge is 0.366 e. The van der Waals surface area contributed by atoms with Crippen molar-refractivity contribution in [1.82, 2.24) is 0 Å². The van der Waals surface area contributed by atoms with Crippen molar-refractivity contribution in [3.63, 3.8) is 0 Å². The highest BCUT2D eigenvalue weighted by atomic mass is 16.6. The summed E-state index contributed by atoms with van der Waals surface area (Å²) >= 11 is 0. The summed E-state index contributed by atoms with van der Waals surface area (Å²) in [4.78, 5) is 12.5. The van der Waals surface area contributed by atoms with Crippen molar-refractivity contribution in [2.45, 2.75) is 65.6 Å². The van der Waals surface area contributed by atoms with Crippen LogP contribution in [0.25, 0.3) is 0 Å². The summed E-state index contributed by atoms with van der Waals surface area (Å²) in [5, 5.41) is 0. The fourth-order valence-electron chi connectivity index (χ4n) is 5.23. The smallest absolute Gasteiger partial charge is 0.133 e. The molecule has 0 aromatic rings. The van der Waals surface area contributed by atoms with Gasteiger partial charge in [0.2, 0.25) is 0 Å². The van der Waals surface area contributed by atoms with Crippen LogP contribution in [-0.4, -0.2) is 17.5 Å². The van der Waals surface area contributed by atoms with E-state index < -0.39 is 0 Å². The van der Waals surface area contributed by atoms with Gasteiger partial charge in [0.25, 0.3) is 0 Å². The van der Waals surface area contributed by atoms with Crippen LogP contribution < -0.4 is 0 Å². The quantitative estimate of drug-likeness (QED) is 0.563. The van der Waals surface area contributed by atoms with Gasteiger partial charge in [0, 0.05) is 11.8 Å². The van der Waals surface area contributed by atoms with Gasteiger partial charge in [-0.2, -0.15) is 0 Å². The fourth-order valence-corrected chi connectivity index (χ4v) is 5.23. The lowest BCUT2D eigenvalue weighted by Gasteiger charge is -2.47. The van der Waals surface area contributed by atoms with E-state index >= 15 is 0 Å². The second-order valence-corrected chi connectivity index (χ2v) is 7.62. The topological polar surface area (TPSA) is 29.6 Å². The highest BCUT2D eigenvalue weighted by Gasteiger charge is 2.61. The molecule has 20 heavy (non-hydrogen) atoms. The summed E-state index contributed by atoms with van der Waals surface area (Å²) in [5.74, 6) is 2.62. The molecule has 1 saturated carbocycles. The standard InChI is InChI=1S/C18H28O2/c1-10-7-6-8-14-9-11(2)17(18(5)13(4)20-18)16(12(3)19)15(10)14/h9-10,13-17H,6-8H2,1-5H3/t10-,13-,14-,15+,16-,17-,18+/m0/s1. The third-order valence-corrected chi connectivity index (χ3v) is 6.36. The zero-order valence-electron chi connectivity index (χ0n) is 13.5. The number of ether oxygens (including phenoxy) is 1. The highest BCUT2D eigenvalue weighted by Crippen LogP contribution is 2.56. The number of carbonyl (C=O) groups is 1. The average molecular weight is 276 g/mol. The zero-order valence-corrected chi connectivity index (χ0v) is 13.5. The number of hydrogen-bond acceptors (Lipinski definition) is 2. The van der Waals surface area contributed by atoms with Gasteiger partial charge in [-0.1, -0.05) is 31.4 Å². The minimum atomic E-state index is -0.112. The van der Waals surface area contributed by atoms with Gasteiger partial charge in [-0.15, -0.1) is 0 Å². The van der Waals surface area contributed by atoms with E-state index in [9.17, 15) is 4.79 Å². The van der Waals surface area contributed by atoms with Crippen molar-refractivity contribution >= 4 is 5.78 Å². The normalized spacial score (nSPS) is 51.1. The van der Waals surface area contributed by atoms with Crippen LogP contribution in [0.3, 0.4) is 0 Å². The maximum atomic E-state index is 12.5. The van der Waals surface area contributed by atoms with E-state index in [1.807, 2.05) is 0 Å². The molecule has 2 heteroatoms. The summed E-state index contributed by atoms with van der Waals surface area (Å²) in [6.07, 6.45) is 6.61. The lowest BCUT2D eigenvalue weighted by atomic mass is 9.56. The van der Waals surface area contributed by atoms with Crippen molar-refractivity contribution in [3.8, 4) is 0 Å². The van der Waals surface area contributed by atoms with Crippen LogP contribution in [0.4, 0.5) is 0 Å². The molecule has 3 aliphatic rings. The molecule has 1 aliphatic heterocycles. The Hall–Kier alpha value is -0.630. The number of fused-ring (bicyclic) bond motifs is 1. The van der Waals surface area contributed by atoms with E-state index in [4.69, 9.17) is 4.74 Å². The molecule has 0 aromatic carbocycles. The van der Waals surface area contributed by atoms with Crippen LogP contribution in [0.15, 0.2) is 11.6 Å². The zero-order chi connectivity index (χ0) is 14.7. The van der Waals surface area contributed by atoms with E-state index in [1.54, 1.807) is 6.92 Å². The van der Waals surface area contributed by atoms with Crippen LogP contribution in [0.1, 0.15) is 53.9 Å². The second-order valence-electron chi connectivity index (χ2n) is 7.62. The van der Waals surface area contributed by atoms with E-state index in [0.29, 0.717) is 23.5 Å². The molecular formula is C18H28O2. The molecule has 0 N–H and O–H groups in total. The summed E-state index contributed by atoms with van der Waals surface area (Å²) in [5.41, 5.74) is 1.28. The molecule has 0 radical (unpaired) electrons. The van der Waals surface area contributed by atoms with E-state index in [0.717, 1.165) is 0 Å². The molecule has 1 saturated heterocycles. The number of ketones is 1. The monoisotopic (exact) mass is 276 g/mol. The maximum Gasteiger partial charge on any atom is 0.133 e. The molecular weight excluding hydrogens is 248 g/mol. The van der Waals surface area contributed by atoms with Crippen LogP contribution in [0, 0.1) is 29.6 Å². The lowest BCUT2D eigenvalue weighted by molar-refractivity contribution is -0.128. The average Bonchev–Trinajstić information content (AvgIpc) is 2.96. The van der Waals surface area contributed by atoms with Gasteiger partial charge in [-0.25, -0.2) is 0 Å². The number of Topliss-reactive ketones (excluding diaryl/α,β-unsaturated/α-hetero) is 1.